The van der Waals surface area contributed by atoms with Crippen LogP contribution in [0.5, 0.6) is 0 Å². The molecule has 1 aromatic carbocycles. The van der Waals surface area contributed by atoms with Gasteiger partial charge in [-0.1, -0.05) is 23.7 Å². The van der Waals surface area contributed by atoms with Gasteiger partial charge in [0.05, 0.1) is 18.1 Å². The van der Waals surface area contributed by atoms with Crippen LogP contribution in [-0.2, 0) is 9.59 Å². The van der Waals surface area contributed by atoms with Crippen LogP contribution in [-0.4, -0.2) is 53.0 Å². The third-order valence-corrected chi connectivity index (χ3v) is 5.16. The van der Waals surface area contributed by atoms with E-state index in [1.54, 1.807) is 24.3 Å². The van der Waals surface area contributed by atoms with Gasteiger partial charge in [-0.3, -0.25) is 9.59 Å². The molecule has 5 nitrogen and oxygen atoms in total. The van der Waals surface area contributed by atoms with Crippen molar-refractivity contribution < 1.29 is 22.8 Å². The fourth-order valence-electron chi connectivity index (χ4n) is 3.63. The van der Waals surface area contributed by atoms with Gasteiger partial charge >= 0.3 is 6.18 Å². The van der Waals surface area contributed by atoms with E-state index in [0.717, 1.165) is 14.0 Å². The Labute approximate surface area is 161 Å². The van der Waals surface area contributed by atoms with Crippen molar-refractivity contribution in [1.29, 1.82) is 0 Å². The number of nitrogens with two attached hydrogens (primary N) is 1. The predicted octanol–water partition coefficient (Wildman–Crippen LogP) is 3.13. The van der Waals surface area contributed by atoms with Gasteiger partial charge in [-0.25, -0.2) is 0 Å². The Hall–Kier alpha value is -1.80. The van der Waals surface area contributed by atoms with Crippen molar-refractivity contribution in [3.63, 3.8) is 0 Å². The van der Waals surface area contributed by atoms with Gasteiger partial charge < -0.3 is 15.5 Å². The molecule has 1 heterocycles. The van der Waals surface area contributed by atoms with E-state index < -0.39 is 42.2 Å². The molecule has 0 radical (unpaired) electrons. The molecule has 1 saturated heterocycles. The Morgan fingerprint density at radius 3 is 2.44 bits per heavy atom. The number of carbonyl (C=O) groups excluding carboxylic acids is 2. The van der Waals surface area contributed by atoms with E-state index in [-0.39, 0.29) is 6.42 Å². The maximum absolute atomic E-state index is 13.8. The molecule has 2 rings (SSSR count). The van der Waals surface area contributed by atoms with Crippen LogP contribution in [0.1, 0.15) is 38.3 Å². The highest BCUT2D eigenvalue weighted by molar-refractivity contribution is 6.30. The molecule has 0 bridgehead atoms. The molecule has 0 aliphatic carbocycles. The van der Waals surface area contributed by atoms with Crippen molar-refractivity contribution >= 4 is 23.4 Å². The Morgan fingerprint density at radius 1 is 1.33 bits per heavy atom. The lowest BCUT2D eigenvalue weighted by molar-refractivity contribution is -0.199. The minimum absolute atomic E-state index is 0.0947. The number of carbonyl (C=O) groups is 2. The molecule has 2 amide bonds. The van der Waals surface area contributed by atoms with Gasteiger partial charge in [0.15, 0.2) is 0 Å². The topological polar surface area (TPSA) is 66.6 Å². The summed E-state index contributed by atoms with van der Waals surface area (Å²) in [6, 6.07) is 1.80. The summed E-state index contributed by atoms with van der Waals surface area (Å²) in [5.41, 5.74) is 6.36. The molecule has 4 atom stereocenters. The second-order valence-corrected chi connectivity index (χ2v) is 7.30. The lowest BCUT2D eigenvalue weighted by Gasteiger charge is -2.40. The van der Waals surface area contributed by atoms with E-state index in [2.05, 4.69) is 0 Å². The molecule has 0 saturated carbocycles. The number of halogens is 4. The monoisotopic (exact) mass is 405 g/mol. The lowest BCUT2D eigenvalue weighted by atomic mass is 10.0. The first-order valence-corrected chi connectivity index (χ1v) is 8.96. The van der Waals surface area contributed by atoms with Crippen molar-refractivity contribution in [2.75, 3.05) is 7.05 Å². The van der Waals surface area contributed by atoms with Gasteiger partial charge in [0, 0.05) is 19.0 Å². The second kappa shape index (κ2) is 8.06. The molecule has 0 aromatic heterocycles. The van der Waals surface area contributed by atoms with Crippen LogP contribution < -0.4 is 5.73 Å². The molecule has 9 heteroatoms. The molecular weight excluding hydrogens is 383 g/mol. The molecule has 1 aromatic rings. The van der Waals surface area contributed by atoms with Gasteiger partial charge in [-0.15, -0.1) is 0 Å². The summed E-state index contributed by atoms with van der Waals surface area (Å²) in [6.45, 7) is 2.50. The fourth-order valence-corrected chi connectivity index (χ4v) is 3.83. The molecule has 1 fully saturated rings. The van der Waals surface area contributed by atoms with Crippen molar-refractivity contribution in [2.45, 2.75) is 57.0 Å². The third kappa shape index (κ3) is 4.55. The first kappa shape index (κ1) is 21.5. The van der Waals surface area contributed by atoms with E-state index >= 15 is 0 Å². The minimum Gasteiger partial charge on any atom is -0.332 e. The largest absolute Gasteiger partial charge is 0.410 e. The molecule has 1 aliphatic rings. The molecule has 0 spiro atoms. The molecule has 150 valence electrons. The van der Waals surface area contributed by atoms with Crippen LogP contribution in [0.4, 0.5) is 13.2 Å². The molecule has 2 N–H and O–H groups in total. The molecule has 2 unspecified atom stereocenters. The van der Waals surface area contributed by atoms with Gasteiger partial charge in [-0.2, -0.15) is 13.2 Å². The highest BCUT2D eigenvalue weighted by Gasteiger charge is 2.54. The smallest absolute Gasteiger partial charge is 0.332 e. The van der Waals surface area contributed by atoms with Crippen LogP contribution in [0.25, 0.3) is 0 Å². The van der Waals surface area contributed by atoms with Gasteiger partial charge in [-0.05, 0) is 37.5 Å². The zero-order chi connectivity index (χ0) is 20.5. The summed E-state index contributed by atoms with van der Waals surface area (Å²) < 4.78 is 41.5. The SMILES string of the molecule is CC(=O)N(C)C([C@H]1CC[C@@H](c2cccc(Cl)c2)N1C(=O)C(C)N)C(F)(F)F. The second-order valence-electron chi connectivity index (χ2n) is 6.87. The lowest BCUT2D eigenvalue weighted by Crippen LogP contribution is -2.59. The van der Waals surface area contributed by atoms with Crippen molar-refractivity contribution in [3.8, 4) is 0 Å². The zero-order valence-corrected chi connectivity index (χ0v) is 16.1. The summed E-state index contributed by atoms with van der Waals surface area (Å²) in [4.78, 5) is 26.3. The summed E-state index contributed by atoms with van der Waals surface area (Å²) in [5.74, 6) is -1.31. The number of alkyl halides is 3. The molecule has 1 aliphatic heterocycles. The van der Waals surface area contributed by atoms with Crippen LogP contribution >= 0.6 is 11.6 Å². The number of nitrogens with zero attached hydrogens (tertiary/aromatic N) is 2. The fraction of sp³-hybridized carbons (Fsp3) is 0.556. The van der Waals surface area contributed by atoms with Crippen LogP contribution in [0.3, 0.4) is 0 Å². The zero-order valence-electron chi connectivity index (χ0n) is 15.3. The van der Waals surface area contributed by atoms with Crippen LogP contribution in [0.2, 0.25) is 5.02 Å². The standard InChI is InChI=1S/C18H23ClF3N3O2/c1-10(23)17(27)25-14(12-5-4-6-13(19)9-12)7-8-15(25)16(18(20,21)22)24(3)11(2)26/h4-6,9-10,14-16H,7-8,23H2,1-3H3/t10?,14-,15+,16?/m0/s1. The number of hydrogen-bond acceptors (Lipinski definition) is 3. The van der Waals surface area contributed by atoms with Crippen LogP contribution in [0.15, 0.2) is 24.3 Å². The quantitative estimate of drug-likeness (QED) is 0.836. The van der Waals surface area contributed by atoms with Crippen LogP contribution in [0, 0.1) is 0 Å². The Balaban J connectivity index is 2.51. The normalized spacial score (nSPS) is 22.4. The molecule has 27 heavy (non-hydrogen) atoms. The average Bonchev–Trinajstić information content (AvgIpc) is 2.96. The number of hydrogen-bond donors (Lipinski definition) is 1. The maximum atomic E-state index is 13.8. The van der Waals surface area contributed by atoms with E-state index in [4.69, 9.17) is 17.3 Å². The maximum Gasteiger partial charge on any atom is 0.410 e. The Bertz CT molecular complexity index is 711. The minimum atomic E-state index is -4.69. The predicted molar refractivity (Wildman–Crippen MR) is 96.0 cm³/mol. The molecular formula is C18H23ClF3N3O2. The van der Waals surface area contributed by atoms with Crippen molar-refractivity contribution in [2.24, 2.45) is 5.73 Å². The number of likely N-dealkylation sites (tertiary alicyclic amines) is 1. The van der Waals surface area contributed by atoms with Crippen molar-refractivity contribution in [3.05, 3.63) is 34.9 Å². The first-order valence-electron chi connectivity index (χ1n) is 8.58. The summed E-state index contributed by atoms with van der Waals surface area (Å²) in [5, 5.41) is 0.428. The van der Waals surface area contributed by atoms with E-state index in [0.29, 0.717) is 21.9 Å². The third-order valence-electron chi connectivity index (χ3n) is 4.92. The Morgan fingerprint density at radius 2 is 1.96 bits per heavy atom. The number of benzene rings is 1. The summed E-state index contributed by atoms with van der Waals surface area (Å²) in [6.07, 6.45) is -4.27. The summed E-state index contributed by atoms with van der Waals surface area (Å²) >= 11 is 6.02. The van der Waals surface area contributed by atoms with Gasteiger partial charge in [0.25, 0.3) is 0 Å². The van der Waals surface area contributed by atoms with Gasteiger partial charge in [0.2, 0.25) is 11.8 Å². The first-order chi connectivity index (χ1) is 12.4. The number of amides is 2. The van der Waals surface area contributed by atoms with E-state index in [1.807, 2.05) is 0 Å². The highest BCUT2D eigenvalue weighted by atomic mass is 35.5. The Kier molecular flexibility index (Phi) is 6.42. The van der Waals surface area contributed by atoms with Gasteiger partial charge in [0.1, 0.15) is 6.04 Å². The van der Waals surface area contributed by atoms with E-state index in [9.17, 15) is 22.8 Å². The highest BCUT2D eigenvalue weighted by Crippen LogP contribution is 2.42. The summed E-state index contributed by atoms with van der Waals surface area (Å²) in [7, 11) is 1.10. The average molecular weight is 406 g/mol. The number of rotatable bonds is 4. The number of likely N-dealkylation sites (N-methyl/N-ethyl adjacent to an activating group) is 1. The van der Waals surface area contributed by atoms with E-state index in [1.165, 1.54) is 11.8 Å². The van der Waals surface area contributed by atoms with Crippen molar-refractivity contribution in [1.82, 2.24) is 9.80 Å².